The fourth-order valence-electron chi connectivity index (χ4n) is 3.30. The molecule has 1 unspecified atom stereocenters. The third-order valence-electron chi connectivity index (χ3n) is 4.60. The number of anilines is 1. The number of nitrogens with zero attached hydrogens (tertiary/aromatic N) is 3. The molecule has 1 aliphatic rings. The number of aromatic nitrogens is 3. The highest BCUT2D eigenvalue weighted by molar-refractivity contribution is 7.11. The number of nitrogens with two attached hydrogens (primary N) is 1. The van der Waals surface area contributed by atoms with Crippen molar-refractivity contribution in [1.82, 2.24) is 15.0 Å². The average Bonchev–Trinajstić information content (AvgIpc) is 3.06. The monoisotopic (exact) mass is 425 g/mol. The van der Waals surface area contributed by atoms with Crippen LogP contribution in [-0.4, -0.2) is 21.5 Å². The van der Waals surface area contributed by atoms with Crippen molar-refractivity contribution in [2.75, 3.05) is 11.9 Å². The van der Waals surface area contributed by atoms with E-state index in [1.165, 1.54) is 29.8 Å². The van der Waals surface area contributed by atoms with Crippen LogP contribution in [0.4, 0.5) is 5.82 Å². The summed E-state index contributed by atoms with van der Waals surface area (Å²) in [7, 11) is 0. The molecule has 0 saturated carbocycles. The van der Waals surface area contributed by atoms with Gasteiger partial charge in [0, 0.05) is 16.7 Å². The molecule has 0 fully saturated rings. The van der Waals surface area contributed by atoms with Crippen molar-refractivity contribution in [3.05, 3.63) is 45.7 Å². The Labute approximate surface area is 176 Å². The molecule has 2 heterocycles. The lowest BCUT2D eigenvalue weighted by Crippen LogP contribution is -2.12. The van der Waals surface area contributed by atoms with Gasteiger partial charge in [0.2, 0.25) is 0 Å². The normalized spacial score (nSPS) is 14.0. The van der Waals surface area contributed by atoms with Crippen LogP contribution in [0.1, 0.15) is 47.2 Å². The van der Waals surface area contributed by atoms with Gasteiger partial charge >= 0.3 is 0 Å². The van der Waals surface area contributed by atoms with Gasteiger partial charge < -0.3 is 11.1 Å². The van der Waals surface area contributed by atoms with Crippen LogP contribution in [0.15, 0.2) is 24.3 Å². The zero-order valence-electron chi connectivity index (χ0n) is 15.3. The van der Waals surface area contributed by atoms with Crippen molar-refractivity contribution >= 4 is 52.9 Å². The molecule has 1 aliphatic carbocycles. The Hall–Kier alpha value is -1.47. The smallest absolute Gasteiger partial charge is 0.138 e. The molecular formula is C19H25Cl2N5S. The van der Waals surface area contributed by atoms with Gasteiger partial charge in [-0.3, -0.25) is 0 Å². The topological polar surface area (TPSA) is 76.7 Å². The molecular weight excluding hydrogens is 401 g/mol. The molecule has 2 aromatic heterocycles. The summed E-state index contributed by atoms with van der Waals surface area (Å²) in [6.45, 7) is 2.70. The summed E-state index contributed by atoms with van der Waals surface area (Å²) in [4.78, 5) is 15.7. The Morgan fingerprint density at radius 3 is 2.67 bits per heavy atom. The fourth-order valence-corrected chi connectivity index (χ4v) is 4.46. The molecule has 3 aromatic rings. The fraction of sp³-hybridized carbons (Fsp3) is 0.421. The van der Waals surface area contributed by atoms with Crippen LogP contribution >= 0.6 is 36.2 Å². The number of hydrogen-bond donors (Lipinski definition) is 2. The first kappa shape index (κ1) is 21.8. The Kier molecular flexibility index (Phi) is 7.79. The lowest BCUT2D eigenvalue weighted by Gasteiger charge is -2.15. The highest BCUT2D eigenvalue weighted by atomic mass is 35.5. The average molecular weight is 426 g/mol. The highest BCUT2D eigenvalue weighted by Gasteiger charge is 2.19. The van der Waals surface area contributed by atoms with Gasteiger partial charge in [-0.15, -0.1) is 36.2 Å². The van der Waals surface area contributed by atoms with E-state index in [1.807, 2.05) is 29.5 Å². The zero-order chi connectivity index (χ0) is 17.2. The van der Waals surface area contributed by atoms with Crippen molar-refractivity contribution in [3.63, 3.8) is 0 Å². The minimum absolute atomic E-state index is 0. The van der Waals surface area contributed by atoms with Crippen LogP contribution in [0.2, 0.25) is 0 Å². The number of nitrogens with one attached hydrogen (secondary N) is 1. The summed E-state index contributed by atoms with van der Waals surface area (Å²) in [5.74, 6) is 1.66. The molecule has 0 amide bonds. The van der Waals surface area contributed by atoms with E-state index in [2.05, 4.69) is 23.3 Å². The summed E-state index contributed by atoms with van der Waals surface area (Å²) in [5, 5.41) is 5.75. The van der Waals surface area contributed by atoms with Gasteiger partial charge in [-0.25, -0.2) is 15.0 Å². The number of rotatable bonds is 5. The van der Waals surface area contributed by atoms with Crippen LogP contribution in [0.3, 0.4) is 0 Å². The molecule has 5 nitrogen and oxygen atoms in total. The predicted octanol–water partition coefficient (Wildman–Crippen LogP) is 4.48. The van der Waals surface area contributed by atoms with Gasteiger partial charge in [-0.1, -0.05) is 12.1 Å². The second-order valence-corrected chi connectivity index (χ2v) is 7.65. The number of hydrogen-bond acceptors (Lipinski definition) is 6. The molecule has 146 valence electrons. The largest absolute Gasteiger partial charge is 0.360 e. The maximum absolute atomic E-state index is 5.69. The molecule has 1 aromatic carbocycles. The molecule has 1 atom stereocenters. The molecule has 0 saturated heterocycles. The first-order valence-corrected chi connectivity index (χ1v) is 9.77. The Morgan fingerprint density at radius 2 is 1.89 bits per heavy atom. The predicted molar refractivity (Wildman–Crippen MR) is 118 cm³/mol. The van der Waals surface area contributed by atoms with E-state index >= 15 is 0 Å². The number of halogens is 2. The van der Waals surface area contributed by atoms with Gasteiger partial charge in [0.15, 0.2) is 0 Å². The molecule has 0 aliphatic heterocycles. The third-order valence-corrected chi connectivity index (χ3v) is 5.94. The standard InChI is InChI=1S/C19H23N5S.2ClH/c1-12(19-23-15-8-4-5-9-16(15)25-19)21-18-13-6-2-3-7-14(13)22-17(24-18)10-11-20;;/h2-3,6-7,12H,4-5,8-11,20H2,1H3,(H,21,22,24);2*1H. The molecule has 0 radical (unpaired) electrons. The van der Waals surface area contributed by atoms with Gasteiger partial charge in [0.1, 0.15) is 16.6 Å². The van der Waals surface area contributed by atoms with Crippen molar-refractivity contribution < 1.29 is 0 Å². The number of benzene rings is 1. The number of para-hydroxylation sites is 1. The SMILES string of the molecule is CC(Nc1nc(CCN)nc2ccccc12)c1nc2c(s1)CCCC2.Cl.Cl. The van der Waals surface area contributed by atoms with Crippen molar-refractivity contribution in [2.24, 2.45) is 5.73 Å². The zero-order valence-corrected chi connectivity index (χ0v) is 17.7. The van der Waals surface area contributed by atoms with Gasteiger partial charge in [-0.2, -0.15) is 0 Å². The maximum atomic E-state index is 5.69. The molecule has 0 spiro atoms. The van der Waals surface area contributed by atoms with Gasteiger partial charge in [-0.05, 0) is 51.3 Å². The molecule has 3 N–H and O–H groups in total. The summed E-state index contributed by atoms with van der Waals surface area (Å²) < 4.78 is 0. The van der Waals surface area contributed by atoms with E-state index in [4.69, 9.17) is 15.7 Å². The lowest BCUT2D eigenvalue weighted by molar-refractivity contribution is 0.678. The second-order valence-electron chi connectivity index (χ2n) is 6.54. The Balaban J connectivity index is 0.00000131. The first-order chi connectivity index (χ1) is 12.2. The van der Waals surface area contributed by atoms with E-state index in [1.54, 1.807) is 0 Å². The first-order valence-electron chi connectivity index (χ1n) is 8.95. The van der Waals surface area contributed by atoms with Crippen molar-refractivity contribution in [2.45, 2.75) is 45.1 Å². The number of fused-ring (bicyclic) bond motifs is 2. The summed E-state index contributed by atoms with van der Waals surface area (Å²) in [5.41, 5.74) is 7.95. The van der Waals surface area contributed by atoms with Crippen LogP contribution in [-0.2, 0) is 19.3 Å². The Morgan fingerprint density at radius 1 is 1.11 bits per heavy atom. The van der Waals surface area contributed by atoms with E-state index < -0.39 is 0 Å². The van der Waals surface area contributed by atoms with E-state index in [9.17, 15) is 0 Å². The van der Waals surface area contributed by atoms with Crippen molar-refractivity contribution in [1.29, 1.82) is 0 Å². The maximum Gasteiger partial charge on any atom is 0.138 e. The summed E-state index contributed by atoms with van der Waals surface area (Å²) in [6.07, 6.45) is 5.53. The highest BCUT2D eigenvalue weighted by Crippen LogP contribution is 2.32. The van der Waals surface area contributed by atoms with E-state index in [-0.39, 0.29) is 30.9 Å². The van der Waals surface area contributed by atoms with Crippen LogP contribution in [0.25, 0.3) is 10.9 Å². The summed E-state index contributed by atoms with van der Waals surface area (Å²) >= 11 is 1.85. The van der Waals surface area contributed by atoms with Crippen LogP contribution in [0.5, 0.6) is 0 Å². The van der Waals surface area contributed by atoms with Crippen molar-refractivity contribution in [3.8, 4) is 0 Å². The Bertz CT molecular complexity index is 875. The van der Waals surface area contributed by atoms with Crippen LogP contribution in [0, 0.1) is 0 Å². The number of thiazole rings is 1. The van der Waals surface area contributed by atoms with E-state index in [0.717, 1.165) is 34.0 Å². The molecule has 8 heteroatoms. The second kappa shape index (κ2) is 9.64. The van der Waals surface area contributed by atoms with Crippen LogP contribution < -0.4 is 11.1 Å². The molecule has 27 heavy (non-hydrogen) atoms. The molecule has 0 bridgehead atoms. The van der Waals surface area contributed by atoms with Gasteiger partial charge in [0.05, 0.1) is 17.3 Å². The van der Waals surface area contributed by atoms with Gasteiger partial charge in [0.25, 0.3) is 0 Å². The minimum atomic E-state index is 0. The lowest BCUT2D eigenvalue weighted by atomic mass is 10.0. The molecule has 4 rings (SSSR count). The quantitative estimate of drug-likeness (QED) is 0.629. The van der Waals surface area contributed by atoms with E-state index in [0.29, 0.717) is 13.0 Å². The number of aryl methyl sites for hydroxylation is 2. The third kappa shape index (κ3) is 4.69. The minimum Gasteiger partial charge on any atom is -0.360 e. The summed E-state index contributed by atoms with van der Waals surface area (Å²) in [6, 6.07) is 8.23.